The van der Waals surface area contributed by atoms with E-state index in [0.29, 0.717) is 0 Å². The molecule has 0 saturated heterocycles. The maximum atomic E-state index is 12.4. The second kappa shape index (κ2) is 7.60. The van der Waals surface area contributed by atoms with Gasteiger partial charge in [-0.25, -0.2) is 0 Å². The van der Waals surface area contributed by atoms with E-state index in [-0.39, 0.29) is 23.3 Å². The maximum Gasteiger partial charge on any atom is 0.237 e. The molecule has 1 rings (SSSR count). The predicted molar refractivity (Wildman–Crippen MR) is 88.8 cm³/mol. The zero-order valence-corrected chi connectivity index (χ0v) is 14.0. The van der Waals surface area contributed by atoms with Crippen LogP contribution in [0.25, 0.3) is 0 Å². The molecule has 118 valence electrons. The Balaban J connectivity index is 2.86. The number of rotatable bonds is 6. The van der Waals surface area contributed by atoms with Crippen molar-refractivity contribution in [3.63, 3.8) is 0 Å². The Morgan fingerprint density at radius 3 is 2.29 bits per heavy atom. The molecule has 3 heteroatoms. The highest BCUT2D eigenvalue weighted by Gasteiger charge is 2.25. The van der Waals surface area contributed by atoms with Gasteiger partial charge in [-0.15, -0.1) is 0 Å². The second-order valence-corrected chi connectivity index (χ2v) is 7.15. The molecule has 0 fully saturated rings. The van der Waals surface area contributed by atoms with Crippen molar-refractivity contribution in [2.45, 2.75) is 59.5 Å². The molecular formula is C18H30N2O. The second-order valence-electron chi connectivity index (χ2n) is 7.15. The number of carbonyl (C=O) groups excluding carboxylic acids is 1. The zero-order chi connectivity index (χ0) is 16.0. The maximum absolute atomic E-state index is 12.4. The Kier molecular flexibility index (Phi) is 6.41. The summed E-state index contributed by atoms with van der Waals surface area (Å²) in [6.07, 6.45) is 1.79. The summed E-state index contributed by atoms with van der Waals surface area (Å²) in [6, 6.07) is 9.69. The number of nitrogens with one attached hydrogen (secondary N) is 1. The predicted octanol–water partition coefficient (Wildman–Crippen LogP) is 3.65. The topological polar surface area (TPSA) is 55.1 Å². The number of benzene rings is 1. The van der Waals surface area contributed by atoms with Gasteiger partial charge in [-0.05, 0) is 23.3 Å². The first-order valence-electron chi connectivity index (χ1n) is 7.85. The molecule has 0 saturated carbocycles. The molecule has 1 aromatic rings. The summed E-state index contributed by atoms with van der Waals surface area (Å²) in [5.74, 6) is 0.138. The average molecular weight is 290 g/mol. The van der Waals surface area contributed by atoms with Crippen molar-refractivity contribution in [1.29, 1.82) is 0 Å². The van der Waals surface area contributed by atoms with Crippen LogP contribution in [0, 0.1) is 11.3 Å². The zero-order valence-electron chi connectivity index (χ0n) is 14.0. The Hall–Kier alpha value is -1.35. The summed E-state index contributed by atoms with van der Waals surface area (Å²) in [5.41, 5.74) is 7.32. The van der Waals surface area contributed by atoms with Crippen LogP contribution in [-0.4, -0.2) is 11.9 Å². The fourth-order valence-electron chi connectivity index (χ4n) is 2.33. The summed E-state index contributed by atoms with van der Waals surface area (Å²) in [4.78, 5) is 12.4. The summed E-state index contributed by atoms with van der Waals surface area (Å²) >= 11 is 0. The standard InChI is InChI=1S/C18H30N2O/c1-6-13(2)16(19)17(21)20-15(12-18(3,4)5)14-10-8-7-9-11-14/h7-11,13,15-16H,6,12,19H2,1-5H3,(H,20,21). The third-order valence-corrected chi connectivity index (χ3v) is 3.89. The number of nitrogens with two attached hydrogens (primary N) is 1. The van der Waals surface area contributed by atoms with Crippen LogP contribution in [0.5, 0.6) is 0 Å². The molecule has 21 heavy (non-hydrogen) atoms. The van der Waals surface area contributed by atoms with Crippen LogP contribution in [-0.2, 0) is 4.79 Å². The minimum atomic E-state index is -0.443. The van der Waals surface area contributed by atoms with Gasteiger partial charge in [0.1, 0.15) is 0 Å². The van der Waals surface area contributed by atoms with Gasteiger partial charge in [0.15, 0.2) is 0 Å². The van der Waals surface area contributed by atoms with Crippen LogP contribution in [0.2, 0.25) is 0 Å². The van der Waals surface area contributed by atoms with Gasteiger partial charge in [0, 0.05) is 0 Å². The largest absolute Gasteiger partial charge is 0.348 e. The van der Waals surface area contributed by atoms with E-state index >= 15 is 0 Å². The monoisotopic (exact) mass is 290 g/mol. The number of hydrogen-bond donors (Lipinski definition) is 2. The molecular weight excluding hydrogens is 260 g/mol. The molecule has 3 N–H and O–H groups in total. The summed E-state index contributed by atoms with van der Waals surface area (Å²) in [6.45, 7) is 10.6. The smallest absolute Gasteiger partial charge is 0.237 e. The van der Waals surface area contributed by atoms with Crippen molar-refractivity contribution in [2.75, 3.05) is 0 Å². The van der Waals surface area contributed by atoms with Crippen molar-refractivity contribution in [3.05, 3.63) is 35.9 Å². The summed E-state index contributed by atoms with van der Waals surface area (Å²) in [5, 5.41) is 3.14. The van der Waals surface area contributed by atoms with E-state index in [1.165, 1.54) is 0 Å². The van der Waals surface area contributed by atoms with Crippen LogP contribution in [0.4, 0.5) is 0 Å². The lowest BCUT2D eigenvalue weighted by molar-refractivity contribution is -0.124. The third kappa shape index (κ3) is 5.88. The number of amides is 1. The Morgan fingerprint density at radius 2 is 1.81 bits per heavy atom. The summed E-state index contributed by atoms with van der Waals surface area (Å²) in [7, 11) is 0. The van der Waals surface area contributed by atoms with Crippen LogP contribution in [0.3, 0.4) is 0 Å². The van der Waals surface area contributed by atoms with Crippen LogP contribution < -0.4 is 11.1 Å². The van der Waals surface area contributed by atoms with E-state index in [1.54, 1.807) is 0 Å². The van der Waals surface area contributed by atoms with E-state index in [0.717, 1.165) is 18.4 Å². The molecule has 0 spiro atoms. The SMILES string of the molecule is CCC(C)C(N)C(=O)NC(CC(C)(C)C)c1ccccc1. The van der Waals surface area contributed by atoms with Gasteiger partial charge in [-0.2, -0.15) is 0 Å². The number of carbonyl (C=O) groups is 1. The van der Waals surface area contributed by atoms with Crippen LogP contribution >= 0.6 is 0 Å². The average Bonchev–Trinajstić information content (AvgIpc) is 2.44. The highest BCUT2D eigenvalue weighted by molar-refractivity contribution is 5.82. The van der Waals surface area contributed by atoms with Crippen molar-refractivity contribution in [1.82, 2.24) is 5.32 Å². The lowest BCUT2D eigenvalue weighted by Crippen LogP contribution is -2.46. The van der Waals surface area contributed by atoms with Crippen molar-refractivity contribution in [3.8, 4) is 0 Å². The molecule has 0 aliphatic carbocycles. The van der Waals surface area contributed by atoms with E-state index in [2.05, 4.69) is 45.1 Å². The van der Waals surface area contributed by atoms with Gasteiger partial charge >= 0.3 is 0 Å². The molecule has 1 aromatic carbocycles. The summed E-state index contributed by atoms with van der Waals surface area (Å²) < 4.78 is 0. The quantitative estimate of drug-likeness (QED) is 0.840. The Labute approximate surface area is 129 Å². The molecule has 1 amide bonds. The van der Waals surface area contributed by atoms with Crippen molar-refractivity contribution < 1.29 is 4.79 Å². The van der Waals surface area contributed by atoms with Gasteiger partial charge in [-0.1, -0.05) is 71.4 Å². The van der Waals surface area contributed by atoms with E-state index in [9.17, 15) is 4.79 Å². The third-order valence-electron chi connectivity index (χ3n) is 3.89. The minimum absolute atomic E-state index is 0.00815. The first-order valence-corrected chi connectivity index (χ1v) is 7.85. The van der Waals surface area contributed by atoms with Gasteiger partial charge in [-0.3, -0.25) is 4.79 Å². The van der Waals surface area contributed by atoms with E-state index in [1.807, 2.05) is 25.1 Å². The van der Waals surface area contributed by atoms with Gasteiger partial charge < -0.3 is 11.1 Å². The molecule has 3 nitrogen and oxygen atoms in total. The molecule has 0 bridgehead atoms. The van der Waals surface area contributed by atoms with Gasteiger partial charge in [0.2, 0.25) is 5.91 Å². The normalized spacial score (nSPS) is 16.1. The molecule has 0 aliphatic rings. The fraction of sp³-hybridized carbons (Fsp3) is 0.611. The van der Waals surface area contributed by atoms with Crippen LogP contribution in [0.1, 0.15) is 59.1 Å². The highest BCUT2D eigenvalue weighted by Crippen LogP contribution is 2.29. The first kappa shape index (κ1) is 17.7. The lowest BCUT2D eigenvalue weighted by Gasteiger charge is -2.29. The molecule has 0 aliphatic heterocycles. The first-order chi connectivity index (χ1) is 9.74. The molecule has 0 radical (unpaired) electrons. The number of hydrogen-bond acceptors (Lipinski definition) is 2. The van der Waals surface area contributed by atoms with E-state index < -0.39 is 6.04 Å². The lowest BCUT2D eigenvalue weighted by atomic mass is 9.85. The van der Waals surface area contributed by atoms with Crippen molar-refractivity contribution >= 4 is 5.91 Å². The van der Waals surface area contributed by atoms with Gasteiger partial charge in [0.25, 0.3) is 0 Å². The minimum Gasteiger partial charge on any atom is -0.348 e. The molecule has 3 atom stereocenters. The molecule has 0 heterocycles. The van der Waals surface area contributed by atoms with Crippen LogP contribution in [0.15, 0.2) is 30.3 Å². The van der Waals surface area contributed by atoms with Crippen molar-refractivity contribution in [2.24, 2.45) is 17.1 Å². The fourth-order valence-corrected chi connectivity index (χ4v) is 2.33. The Morgan fingerprint density at radius 1 is 1.24 bits per heavy atom. The molecule has 0 aromatic heterocycles. The van der Waals surface area contributed by atoms with Gasteiger partial charge in [0.05, 0.1) is 12.1 Å². The molecule has 3 unspecified atom stereocenters. The Bertz CT molecular complexity index is 436. The van der Waals surface area contributed by atoms with E-state index in [4.69, 9.17) is 5.73 Å². The highest BCUT2D eigenvalue weighted by atomic mass is 16.2.